The Morgan fingerprint density at radius 1 is 1.00 bits per heavy atom. The lowest BCUT2D eigenvalue weighted by molar-refractivity contribution is 0.982. The van der Waals surface area contributed by atoms with Gasteiger partial charge in [0.05, 0.1) is 5.69 Å². The van der Waals surface area contributed by atoms with Gasteiger partial charge in [0.1, 0.15) is 0 Å². The summed E-state index contributed by atoms with van der Waals surface area (Å²) in [6.45, 7) is 2.70. The summed E-state index contributed by atoms with van der Waals surface area (Å²) in [6, 6.07) is 16.4. The van der Waals surface area contributed by atoms with Crippen LogP contribution in [-0.4, -0.2) is 10.2 Å². The minimum atomic E-state index is 0.723. The summed E-state index contributed by atoms with van der Waals surface area (Å²) >= 11 is 3.48. The van der Waals surface area contributed by atoms with Crippen LogP contribution < -0.4 is 5.32 Å². The lowest BCUT2D eigenvalue weighted by atomic mass is 10.1. The van der Waals surface area contributed by atoms with E-state index in [1.54, 1.807) is 0 Å². The second-order valence-corrected chi connectivity index (χ2v) is 5.58. The van der Waals surface area contributed by atoms with Gasteiger partial charge in [-0.05, 0) is 24.6 Å². The van der Waals surface area contributed by atoms with E-state index in [2.05, 4.69) is 55.7 Å². The first-order valence-corrected chi connectivity index (χ1v) is 7.24. The van der Waals surface area contributed by atoms with Crippen LogP contribution in [0.1, 0.15) is 11.3 Å². The number of aryl methyl sites for hydroxylation is 1. The predicted octanol–water partition coefficient (Wildman–Crippen LogP) is 4.31. The molecule has 3 rings (SSSR count). The van der Waals surface area contributed by atoms with Crippen molar-refractivity contribution in [3.63, 3.8) is 0 Å². The number of rotatable bonds is 3. The molecule has 1 aromatic heterocycles. The fourth-order valence-corrected chi connectivity index (χ4v) is 2.65. The van der Waals surface area contributed by atoms with Crippen molar-refractivity contribution in [1.29, 1.82) is 0 Å². The quantitative estimate of drug-likeness (QED) is 0.778. The average Bonchev–Trinajstić information content (AvgIpc) is 2.47. The zero-order chi connectivity index (χ0) is 13.9. The maximum atomic E-state index is 4.27. The Balaban J connectivity index is 1.90. The van der Waals surface area contributed by atoms with Gasteiger partial charge < -0.3 is 5.32 Å². The molecule has 0 radical (unpaired) electrons. The van der Waals surface area contributed by atoms with E-state index in [0.29, 0.717) is 0 Å². The Kier molecular flexibility index (Phi) is 3.65. The molecule has 0 fully saturated rings. The van der Waals surface area contributed by atoms with Gasteiger partial charge in [-0.25, -0.2) is 0 Å². The SMILES string of the molecule is Cc1nnc(NCc2cccc(Br)c2)c2ccccc12. The Morgan fingerprint density at radius 3 is 2.60 bits per heavy atom. The molecule has 0 spiro atoms. The molecule has 0 amide bonds. The van der Waals surface area contributed by atoms with Gasteiger partial charge in [-0.1, -0.05) is 52.3 Å². The number of nitrogens with zero attached hydrogens (tertiary/aromatic N) is 2. The van der Waals surface area contributed by atoms with Crippen molar-refractivity contribution in [2.24, 2.45) is 0 Å². The smallest absolute Gasteiger partial charge is 0.156 e. The van der Waals surface area contributed by atoms with Crippen LogP contribution in [0.3, 0.4) is 0 Å². The minimum absolute atomic E-state index is 0.723. The highest BCUT2D eigenvalue weighted by Gasteiger charge is 2.05. The van der Waals surface area contributed by atoms with Crippen LogP contribution in [0.4, 0.5) is 5.82 Å². The van der Waals surface area contributed by atoms with Gasteiger partial charge in [-0.3, -0.25) is 0 Å². The first kappa shape index (κ1) is 13.1. The lowest BCUT2D eigenvalue weighted by Crippen LogP contribution is -2.04. The van der Waals surface area contributed by atoms with Gasteiger partial charge in [0.2, 0.25) is 0 Å². The molecule has 0 bridgehead atoms. The molecule has 0 aliphatic carbocycles. The summed E-state index contributed by atoms with van der Waals surface area (Å²) in [7, 11) is 0. The summed E-state index contributed by atoms with van der Waals surface area (Å²) < 4.78 is 1.08. The standard InChI is InChI=1S/C16H14BrN3/c1-11-14-7-2-3-8-15(14)16(20-19-11)18-10-12-5-4-6-13(17)9-12/h2-9H,10H2,1H3,(H,18,20). The van der Waals surface area contributed by atoms with Gasteiger partial charge in [-0.15, -0.1) is 5.10 Å². The maximum Gasteiger partial charge on any atom is 0.156 e. The van der Waals surface area contributed by atoms with Gasteiger partial charge in [-0.2, -0.15) is 5.10 Å². The highest BCUT2D eigenvalue weighted by molar-refractivity contribution is 9.10. The Labute approximate surface area is 126 Å². The molecule has 4 heteroatoms. The zero-order valence-corrected chi connectivity index (χ0v) is 12.7. The third kappa shape index (κ3) is 2.65. The number of hydrogen-bond acceptors (Lipinski definition) is 3. The maximum absolute atomic E-state index is 4.27. The third-order valence-electron chi connectivity index (χ3n) is 3.22. The number of fused-ring (bicyclic) bond motifs is 1. The Morgan fingerprint density at radius 2 is 1.80 bits per heavy atom. The number of nitrogens with one attached hydrogen (secondary N) is 1. The van der Waals surface area contributed by atoms with E-state index in [4.69, 9.17) is 0 Å². The molecule has 0 saturated heterocycles. The predicted molar refractivity (Wildman–Crippen MR) is 85.7 cm³/mol. The van der Waals surface area contributed by atoms with Crippen molar-refractivity contribution in [1.82, 2.24) is 10.2 Å². The summed E-state index contributed by atoms with van der Waals surface area (Å²) in [6.07, 6.45) is 0. The summed E-state index contributed by atoms with van der Waals surface area (Å²) in [5.74, 6) is 0.825. The highest BCUT2D eigenvalue weighted by Crippen LogP contribution is 2.23. The second-order valence-electron chi connectivity index (χ2n) is 4.66. The van der Waals surface area contributed by atoms with Crippen molar-refractivity contribution in [3.05, 3.63) is 64.3 Å². The second kappa shape index (κ2) is 5.59. The molecule has 0 atom stereocenters. The van der Waals surface area contributed by atoms with Crippen LogP contribution in [0.25, 0.3) is 10.8 Å². The number of anilines is 1. The molecule has 3 aromatic rings. The van der Waals surface area contributed by atoms with Crippen molar-refractivity contribution < 1.29 is 0 Å². The van der Waals surface area contributed by atoms with Crippen LogP contribution in [0.5, 0.6) is 0 Å². The van der Waals surface area contributed by atoms with Crippen LogP contribution in [0, 0.1) is 6.92 Å². The molecule has 0 aliphatic rings. The van der Waals surface area contributed by atoms with Gasteiger partial charge >= 0.3 is 0 Å². The van der Waals surface area contributed by atoms with Crippen molar-refractivity contribution in [2.75, 3.05) is 5.32 Å². The zero-order valence-electron chi connectivity index (χ0n) is 11.1. The van der Waals surface area contributed by atoms with E-state index in [-0.39, 0.29) is 0 Å². The molecular formula is C16H14BrN3. The number of aromatic nitrogens is 2. The normalized spacial score (nSPS) is 10.7. The Hall–Kier alpha value is -1.94. The highest BCUT2D eigenvalue weighted by atomic mass is 79.9. The van der Waals surface area contributed by atoms with Gasteiger partial charge in [0.25, 0.3) is 0 Å². The van der Waals surface area contributed by atoms with Crippen molar-refractivity contribution in [3.8, 4) is 0 Å². The third-order valence-corrected chi connectivity index (χ3v) is 3.71. The summed E-state index contributed by atoms with van der Waals surface area (Å²) in [5.41, 5.74) is 2.15. The van der Waals surface area contributed by atoms with Crippen LogP contribution in [0.2, 0.25) is 0 Å². The van der Waals surface area contributed by atoms with Crippen LogP contribution >= 0.6 is 15.9 Å². The van der Waals surface area contributed by atoms with Crippen molar-refractivity contribution >= 4 is 32.5 Å². The molecule has 0 saturated carbocycles. The molecule has 1 N–H and O–H groups in total. The largest absolute Gasteiger partial charge is 0.364 e. The van der Waals surface area contributed by atoms with E-state index in [1.165, 1.54) is 5.56 Å². The number of halogens is 1. The average molecular weight is 328 g/mol. The van der Waals surface area contributed by atoms with E-state index in [9.17, 15) is 0 Å². The Bertz CT molecular complexity index is 756. The van der Waals surface area contributed by atoms with Crippen molar-refractivity contribution in [2.45, 2.75) is 13.5 Å². The van der Waals surface area contributed by atoms with E-state index in [0.717, 1.165) is 33.3 Å². The van der Waals surface area contributed by atoms with Crippen LogP contribution in [-0.2, 0) is 6.54 Å². The molecule has 0 unspecified atom stereocenters. The number of hydrogen-bond donors (Lipinski definition) is 1. The molecular weight excluding hydrogens is 314 g/mol. The molecule has 20 heavy (non-hydrogen) atoms. The fourth-order valence-electron chi connectivity index (χ4n) is 2.20. The molecule has 3 nitrogen and oxygen atoms in total. The topological polar surface area (TPSA) is 37.8 Å². The summed E-state index contributed by atoms with van der Waals surface area (Å²) in [4.78, 5) is 0. The van der Waals surface area contributed by atoms with Gasteiger partial charge in [0, 0.05) is 21.8 Å². The van der Waals surface area contributed by atoms with E-state index < -0.39 is 0 Å². The van der Waals surface area contributed by atoms with E-state index in [1.807, 2.05) is 31.2 Å². The monoisotopic (exact) mass is 327 g/mol. The first-order chi connectivity index (χ1) is 9.74. The fraction of sp³-hybridized carbons (Fsp3) is 0.125. The minimum Gasteiger partial charge on any atom is -0.364 e. The molecule has 2 aromatic carbocycles. The lowest BCUT2D eigenvalue weighted by Gasteiger charge is -2.09. The van der Waals surface area contributed by atoms with Crippen LogP contribution in [0.15, 0.2) is 53.0 Å². The first-order valence-electron chi connectivity index (χ1n) is 6.44. The molecule has 100 valence electrons. The summed E-state index contributed by atoms with van der Waals surface area (Å²) in [5, 5.41) is 14.1. The number of benzene rings is 2. The van der Waals surface area contributed by atoms with E-state index >= 15 is 0 Å². The molecule has 1 heterocycles. The molecule has 0 aliphatic heterocycles. The van der Waals surface area contributed by atoms with Gasteiger partial charge in [0.15, 0.2) is 5.82 Å².